The highest BCUT2D eigenvalue weighted by atomic mass is 16.5. The Morgan fingerprint density at radius 1 is 1.56 bits per heavy atom. The highest BCUT2D eigenvalue weighted by Crippen LogP contribution is 2.42. The smallest absolute Gasteiger partial charge is 0.311 e. The summed E-state index contributed by atoms with van der Waals surface area (Å²) in [6.07, 6.45) is 2.84. The summed E-state index contributed by atoms with van der Waals surface area (Å²) in [5.41, 5.74) is -0.426. The second-order valence-corrected chi connectivity index (χ2v) is 6.89. The van der Waals surface area contributed by atoms with Gasteiger partial charge in [-0.05, 0) is 25.8 Å². The van der Waals surface area contributed by atoms with Gasteiger partial charge in [0.05, 0.1) is 18.1 Å². The van der Waals surface area contributed by atoms with Gasteiger partial charge in [-0.3, -0.25) is 9.59 Å². The summed E-state index contributed by atoms with van der Waals surface area (Å²) in [4.78, 5) is 30.5. The van der Waals surface area contributed by atoms with Crippen LogP contribution in [0.4, 0.5) is 0 Å². The molecule has 0 aromatic carbocycles. The van der Waals surface area contributed by atoms with Crippen molar-refractivity contribution in [3.8, 4) is 5.88 Å². The largest absolute Gasteiger partial charge is 0.481 e. The number of carboxylic acid groups (broad SMARTS) is 1. The van der Waals surface area contributed by atoms with E-state index in [0.717, 1.165) is 6.42 Å². The number of carboxylic acids is 1. The van der Waals surface area contributed by atoms with Crippen molar-refractivity contribution in [1.29, 1.82) is 0 Å². The Balaban J connectivity index is 1.78. The van der Waals surface area contributed by atoms with E-state index in [0.29, 0.717) is 37.6 Å². The van der Waals surface area contributed by atoms with Crippen LogP contribution in [-0.4, -0.2) is 59.3 Å². The Morgan fingerprint density at radius 3 is 3.04 bits per heavy atom. The number of carbonyl (C=O) groups excluding carboxylic acids is 1. The topological polar surface area (TPSA) is 89.0 Å². The Kier molecular flexibility index (Phi) is 4.94. The number of nitrogens with zero attached hydrogens (tertiary/aromatic N) is 2. The Labute approximate surface area is 146 Å². The van der Waals surface area contributed by atoms with Crippen LogP contribution in [0.5, 0.6) is 5.88 Å². The van der Waals surface area contributed by atoms with Crippen molar-refractivity contribution in [1.82, 2.24) is 9.88 Å². The van der Waals surface area contributed by atoms with E-state index in [1.165, 1.54) is 0 Å². The van der Waals surface area contributed by atoms with Gasteiger partial charge in [-0.25, -0.2) is 4.98 Å². The SMILES string of the molecule is CCC(C)Oc1cc(C(=O)N2C[C@H]3COCC[C@@]3(C(=O)O)C2)ccn1. The summed E-state index contributed by atoms with van der Waals surface area (Å²) in [7, 11) is 0. The number of hydrogen-bond acceptors (Lipinski definition) is 5. The average molecular weight is 348 g/mol. The number of rotatable bonds is 5. The zero-order valence-electron chi connectivity index (χ0n) is 14.6. The van der Waals surface area contributed by atoms with E-state index >= 15 is 0 Å². The number of ether oxygens (including phenoxy) is 2. The number of carbonyl (C=O) groups is 2. The van der Waals surface area contributed by atoms with Crippen molar-refractivity contribution in [2.24, 2.45) is 11.3 Å². The van der Waals surface area contributed by atoms with E-state index in [2.05, 4.69) is 4.98 Å². The maximum atomic E-state index is 12.9. The van der Waals surface area contributed by atoms with Crippen molar-refractivity contribution in [2.75, 3.05) is 26.3 Å². The first-order chi connectivity index (χ1) is 12.0. The van der Waals surface area contributed by atoms with Gasteiger partial charge in [-0.15, -0.1) is 0 Å². The molecule has 0 saturated carbocycles. The monoisotopic (exact) mass is 348 g/mol. The molecule has 3 atom stereocenters. The lowest BCUT2D eigenvalue weighted by Crippen LogP contribution is -2.45. The fraction of sp³-hybridized carbons (Fsp3) is 0.611. The van der Waals surface area contributed by atoms with Crippen LogP contribution < -0.4 is 4.74 Å². The maximum Gasteiger partial charge on any atom is 0.311 e. The molecule has 3 rings (SSSR count). The lowest BCUT2D eigenvalue weighted by molar-refractivity contribution is -0.157. The summed E-state index contributed by atoms with van der Waals surface area (Å²) in [6, 6.07) is 3.26. The Hall–Kier alpha value is -2.15. The van der Waals surface area contributed by atoms with Gasteiger partial charge < -0.3 is 19.5 Å². The molecule has 1 aromatic rings. The number of fused-ring (bicyclic) bond motifs is 1. The predicted molar refractivity (Wildman–Crippen MR) is 89.5 cm³/mol. The lowest BCUT2D eigenvalue weighted by Gasteiger charge is -2.33. The van der Waals surface area contributed by atoms with E-state index in [4.69, 9.17) is 9.47 Å². The number of hydrogen-bond donors (Lipinski definition) is 1. The minimum Gasteiger partial charge on any atom is -0.481 e. The van der Waals surface area contributed by atoms with E-state index in [-0.39, 0.29) is 24.5 Å². The second-order valence-electron chi connectivity index (χ2n) is 6.89. The summed E-state index contributed by atoms with van der Waals surface area (Å²) < 4.78 is 11.1. The second kappa shape index (κ2) is 7.00. The molecular weight excluding hydrogens is 324 g/mol. The first-order valence-electron chi connectivity index (χ1n) is 8.69. The number of likely N-dealkylation sites (tertiary alicyclic amines) is 1. The molecule has 2 saturated heterocycles. The molecule has 1 N–H and O–H groups in total. The maximum absolute atomic E-state index is 12.9. The molecule has 3 heterocycles. The molecule has 7 heteroatoms. The van der Waals surface area contributed by atoms with Gasteiger partial charge in [-0.1, -0.05) is 6.92 Å². The van der Waals surface area contributed by atoms with Crippen LogP contribution >= 0.6 is 0 Å². The Bertz CT molecular complexity index is 665. The Morgan fingerprint density at radius 2 is 2.36 bits per heavy atom. The number of pyridine rings is 1. The van der Waals surface area contributed by atoms with Gasteiger partial charge in [-0.2, -0.15) is 0 Å². The van der Waals surface area contributed by atoms with E-state index in [1.807, 2.05) is 13.8 Å². The minimum absolute atomic E-state index is 0.0138. The van der Waals surface area contributed by atoms with Crippen molar-refractivity contribution >= 4 is 11.9 Å². The molecule has 0 aliphatic carbocycles. The standard InChI is InChI=1S/C18H24N2O5/c1-3-12(2)25-15-8-13(4-6-19-15)16(21)20-9-14-10-24-7-5-18(14,11-20)17(22)23/h4,6,8,12,14H,3,5,7,9-11H2,1-2H3,(H,22,23)/t12?,14-,18+/m0/s1. The van der Waals surface area contributed by atoms with Crippen LogP contribution in [-0.2, 0) is 9.53 Å². The van der Waals surface area contributed by atoms with Crippen molar-refractivity contribution in [3.63, 3.8) is 0 Å². The van der Waals surface area contributed by atoms with E-state index in [1.54, 1.807) is 23.2 Å². The van der Waals surface area contributed by atoms with Crippen LogP contribution in [0.25, 0.3) is 0 Å². The first kappa shape index (κ1) is 17.7. The molecule has 2 aliphatic rings. The van der Waals surface area contributed by atoms with Crippen LogP contribution in [0.1, 0.15) is 37.0 Å². The quantitative estimate of drug-likeness (QED) is 0.873. The van der Waals surface area contributed by atoms with Crippen molar-refractivity contribution in [2.45, 2.75) is 32.8 Å². The molecule has 136 valence electrons. The fourth-order valence-electron chi connectivity index (χ4n) is 3.53. The molecule has 1 unspecified atom stereocenters. The molecule has 2 aliphatic heterocycles. The predicted octanol–water partition coefficient (Wildman–Crippen LogP) is 1.82. The average Bonchev–Trinajstić information content (AvgIpc) is 3.02. The highest BCUT2D eigenvalue weighted by molar-refractivity contribution is 5.95. The fourth-order valence-corrected chi connectivity index (χ4v) is 3.53. The van der Waals surface area contributed by atoms with Gasteiger partial charge in [0.25, 0.3) is 5.91 Å². The summed E-state index contributed by atoms with van der Waals surface area (Å²) in [5.74, 6) is -0.786. The molecule has 1 amide bonds. The zero-order valence-corrected chi connectivity index (χ0v) is 14.6. The van der Waals surface area contributed by atoms with Crippen molar-refractivity contribution < 1.29 is 24.2 Å². The highest BCUT2D eigenvalue weighted by Gasteiger charge is 2.54. The third-order valence-electron chi connectivity index (χ3n) is 5.30. The molecular formula is C18H24N2O5. The van der Waals surface area contributed by atoms with E-state index in [9.17, 15) is 14.7 Å². The molecule has 25 heavy (non-hydrogen) atoms. The molecule has 0 radical (unpaired) electrons. The normalized spacial score (nSPS) is 26.8. The van der Waals surface area contributed by atoms with Crippen LogP contribution in [0.2, 0.25) is 0 Å². The van der Waals surface area contributed by atoms with Gasteiger partial charge in [0, 0.05) is 43.4 Å². The van der Waals surface area contributed by atoms with Crippen molar-refractivity contribution in [3.05, 3.63) is 23.9 Å². The first-order valence-corrected chi connectivity index (χ1v) is 8.69. The number of aliphatic carboxylic acids is 1. The third kappa shape index (κ3) is 3.33. The molecule has 1 aromatic heterocycles. The van der Waals surface area contributed by atoms with Crippen LogP contribution in [0.15, 0.2) is 18.3 Å². The number of amides is 1. The minimum atomic E-state index is -0.892. The van der Waals surface area contributed by atoms with Crippen LogP contribution in [0, 0.1) is 11.3 Å². The molecule has 7 nitrogen and oxygen atoms in total. The molecule has 0 spiro atoms. The van der Waals surface area contributed by atoms with Gasteiger partial charge in [0.2, 0.25) is 5.88 Å². The molecule has 0 bridgehead atoms. The van der Waals surface area contributed by atoms with Gasteiger partial charge >= 0.3 is 5.97 Å². The summed E-state index contributed by atoms with van der Waals surface area (Å²) >= 11 is 0. The van der Waals surface area contributed by atoms with Gasteiger partial charge in [0.1, 0.15) is 0 Å². The zero-order chi connectivity index (χ0) is 18.0. The number of aromatic nitrogens is 1. The van der Waals surface area contributed by atoms with Crippen LogP contribution in [0.3, 0.4) is 0 Å². The summed E-state index contributed by atoms with van der Waals surface area (Å²) in [5, 5.41) is 9.72. The van der Waals surface area contributed by atoms with E-state index < -0.39 is 11.4 Å². The van der Waals surface area contributed by atoms with Gasteiger partial charge in [0.15, 0.2) is 0 Å². The molecule has 2 fully saturated rings. The lowest BCUT2D eigenvalue weighted by atomic mass is 9.74. The third-order valence-corrected chi connectivity index (χ3v) is 5.30. The summed E-state index contributed by atoms with van der Waals surface area (Å²) in [6.45, 7) is 5.38.